The molecule has 0 bridgehead atoms. The van der Waals surface area contributed by atoms with Gasteiger partial charge < -0.3 is 10.3 Å². The van der Waals surface area contributed by atoms with E-state index in [0.717, 1.165) is 29.7 Å². The molecular formula is C17H15N3O. The van der Waals surface area contributed by atoms with Gasteiger partial charge in [0.2, 0.25) is 0 Å². The number of nitrogens with zero attached hydrogens (tertiary/aromatic N) is 2. The van der Waals surface area contributed by atoms with Crippen molar-refractivity contribution in [1.29, 1.82) is 0 Å². The van der Waals surface area contributed by atoms with Gasteiger partial charge in [0.1, 0.15) is 0 Å². The van der Waals surface area contributed by atoms with E-state index in [4.69, 9.17) is 10.3 Å². The number of hydrogen-bond donors (Lipinski definition) is 1. The van der Waals surface area contributed by atoms with Crippen LogP contribution in [-0.2, 0) is 5.41 Å². The van der Waals surface area contributed by atoms with E-state index in [9.17, 15) is 0 Å². The molecule has 3 aromatic rings. The molecule has 0 amide bonds. The molecule has 1 saturated carbocycles. The van der Waals surface area contributed by atoms with Crippen LogP contribution in [-0.4, -0.2) is 10.1 Å². The van der Waals surface area contributed by atoms with Gasteiger partial charge in [0.15, 0.2) is 11.6 Å². The number of benzene rings is 1. The lowest BCUT2D eigenvalue weighted by Gasteiger charge is -2.14. The fraction of sp³-hybridized carbons (Fsp3) is 0.176. The normalized spacial score (nSPS) is 15.8. The van der Waals surface area contributed by atoms with Gasteiger partial charge in [0.25, 0.3) is 0 Å². The maximum Gasteiger partial charge on any atom is 0.175 e. The molecule has 1 fully saturated rings. The van der Waals surface area contributed by atoms with Gasteiger partial charge in [0, 0.05) is 18.0 Å². The predicted molar refractivity (Wildman–Crippen MR) is 80.6 cm³/mol. The number of pyridine rings is 1. The molecule has 2 aromatic heterocycles. The number of nitrogen functional groups attached to an aromatic ring is 1. The fourth-order valence-electron chi connectivity index (χ4n) is 2.95. The maximum absolute atomic E-state index is 6.04. The first kappa shape index (κ1) is 12.1. The second kappa shape index (κ2) is 4.45. The van der Waals surface area contributed by atoms with Gasteiger partial charge in [0.05, 0.1) is 11.0 Å². The second-order valence-corrected chi connectivity index (χ2v) is 5.46. The molecule has 0 spiro atoms. The Morgan fingerprint density at radius 3 is 2.52 bits per heavy atom. The van der Waals surface area contributed by atoms with Gasteiger partial charge in [-0.2, -0.15) is 0 Å². The Morgan fingerprint density at radius 1 is 1.05 bits per heavy atom. The molecule has 0 radical (unpaired) electrons. The van der Waals surface area contributed by atoms with E-state index in [0.29, 0.717) is 5.82 Å². The van der Waals surface area contributed by atoms with Crippen molar-refractivity contribution < 1.29 is 4.52 Å². The van der Waals surface area contributed by atoms with Crippen LogP contribution in [0.1, 0.15) is 24.2 Å². The number of rotatable bonds is 3. The number of hydrogen-bond acceptors (Lipinski definition) is 4. The Bertz CT molecular complexity index is 761. The van der Waals surface area contributed by atoms with Gasteiger partial charge in [-0.15, -0.1) is 0 Å². The highest BCUT2D eigenvalue weighted by Gasteiger charge is 2.51. The van der Waals surface area contributed by atoms with Crippen LogP contribution in [0.25, 0.3) is 11.1 Å². The molecule has 104 valence electrons. The second-order valence-electron chi connectivity index (χ2n) is 5.46. The lowest BCUT2D eigenvalue weighted by molar-refractivity contribution is 0.369. The van der Waals surface area contributed by atoms with Crippen molar-refractivity contribution in [3.8, 4) is 11.1 Å². The van der Waals surface area contributed by atoms with Crippen LogP contribution < -0.4 is 5.73 Å². The van der Waals surface area contributed by atoms with Crippen molar-refractivity contribution in [2.24, 2.45) is 0 Å². The van der Waals surface area contributed by atoms with E-state index in [-0.39, 0.29) is 5.41 Å². The molecule has 1 aromatic carbocycles. The summed E-state index contributed by atoms with van der Waals surface area (Å²) in [5, 5.41) is 4.00. The minimum atomic E-state index is -0.0863. The zero-order valence-electron chi connectivity index (χ0n) is 11.5. The predicted octanol–water partition coefficient (Wildman–Crippen LogP) is 3.40. The summed E-state index contributed by atoms with van der Waals surface area (Å²) >= 11 is 0. The summed E-state index contributed by atoms with van der Waals surface area (Å²) < 4.78 is 5.63. The first-order valence-corrected chi connectivity index (χ1v) is 7.03. The van der Waals surface area contributed by atoms with Gasteiger partial charge in [-0.1, -0.05) is 41.6 Å². The maximum atomic E-state index is 6.04. The van der Waals surface area contributed by atoms with Crippen molar-refractivity contribution in [1.82, 2.24) is 10.1 Å². The number of anilines is 1. The van der Waals surface area contributed by atoms with Crippen molar-refractivity contribution in [2.75, 3.05) is 5.73 Å². The summed E-state index contributed by atoms with van der Waals surface area (Å²) in [7, 11) is 0. The summed E-state index contributed by atoms with van der Waals surface area (Å²) in [4.78, 5) is 4.17. The average molecular weight is 277 g/mol. The van der Waals surface area contributed by atoms with Gasteiger partial charge in [-0.05, 0) is 24.5 Å². The van der Waals surface area contributed by atoms with Crippen molar-refractivity contribution >= 4 is 5.82 Å². The molecule has 0 unspecified atom stereocenters. The first-order valence-electron chi connectivity index (χ1n) is 7.03. The summed E-state index contributed by atoms with van der Waals surface area (Å²) in [5.41, 5.74) is 9.04. The summed E-state index contributed by atoms with van der Waals surface area (Å²) in [6.45, 7) is 0. The monoisotopic (exact) mass is 277 g/mol. The topological polar surface area (TPSA) is 64.9 Å². The smallest absolute Gasteiger partial charge is 0.175 e. The van der Waals surface area contributed by atoms with Crippen LogP contribution in [0.2, 0.25) is 0 Å². The van der Waals surface area contributed by atoms with Gasteiger partial charge in [-0.3, -0.25) is 4.98 Å². The number of nitrogens with two attached hydrogens (primary N) is 1. The molecular weight excluding hydrogens is 262 g/mol. The largest absolute Gasteiger partial charge is 0.380 e. The van der Waals surface area contributed by atoms with Crippen LogP contribution in [0.5, 0.6) is 0 Å². The zero-order chi connectivity index (χ0) is 14.3. The molecule has 1 aliphatic rings. The Hall–Kier alpha value is -2.62. The molecule has 1 aliphatic carbocycles. The van der Waals surface area contributed by atoms with Gasteiger partial charge >= 0.3 is 0 Å². The Labute approximate surface area is 122 Å². The molecule has 0 atom stereocenters. The molecule has 4 heteroatoms. The van der Waals surface area contributed by atoms with Crippen LogP contribution in [0.4, 0.5) is 5.82 Å². The van der Waals surface area contributed by atoms with E-state index in [1.54, 1.807) is 12.4 Å². The van der Waals surface area contributed by atoms with Gasteiger partial charge in [-0.25, -0.2) is 0 Å². The highest BCUT2D eigenvalue weighted by Crippen LogP contribution is 2.56. The molecule has 2 heterocycles. The molecule has 0 saturated heterocycles. The van der Waals surface area contributed by atoms with Crippen LogP contribution in [0, 0.1) is 0 Å². The molecule has 4 nitrogen and oxygen atoms in total. The molecule has 4 rings (SSSR count). The summed E-state index contributed by atoms with van der Waals surface area (Å²) in [6, 6.07) is 14.3. The van der Waals surface area contributed by atoms with E-state index in [1.165, 1.54) is 5.56 Å². The molecule has 2 N–H and O–H groups in total. The third-order valence-electron chi connectivity index (χ3n) is 4.18. The lowest BCUT2D eigenvalue weighted by Crippen LogP contribution is -2.09. The fourth-order valence-corrected chi connectivity index (χ4v) is 2.95. The van der Waals surface area contributed by atoms with E-state index < -0.39 is 0 Å². The highest BCUT2D eigenvalue weighted by atomic mass is 16.5. The molecule has 0 aliphatic heterocycles. The van der Waals surface area contributed by atoms with E-state index >= 15 is 0 Å². The van der Waals surface area contributed by atoms with Crippen LogP contribution >= 0.6 is 0 Å². The Kier molecular flexibility index (Phi) is 2.57. The minimum absolute atomic E-state index is 0.0863. The minimum Gasteiger partial charge on any atom is -0.380 e. The van der Waals surface area contributed by atoms with Crippen molar-refractivity contribution in [3.05, 3.63) is 66.2 Å². The Morgan fingerprint density at radius 2 is 1.86 bits per heavy atom. The lowest BCUT2D eigenvalue weighted by atomic mass is 9.89. The van der Waals surface area contributed by atoms with Crippen LogP contribution in [0.3, 0.4) is 0 Å². The van der Waals surface area contributed by atoms with Crippen LogP contribution in [0.15, 0.2) is 59.4 Å². The van der Waals surface area contributed by atoms with Crippen molar-refractivity contribution in [2.45, 2.75) is 18.3 Å². The first-order chi connectivity index (χ1) is 10.3. The SMILES string of the molecule is Nc1noc(C2(c3ccccc3)CC2)c1-c1cccnc1. The third kappa shape index (κ3) is 1.83. The standard InChI is InChI=1S/C17H15N3O/c18-16-14(12-5-4-10-19-11-12)15(21-20-16)17(8-9-17)13-6-2-1-3-7-13/h1-7,10-11H,8-9H2,(H2,18,20). The van der Waals surface area contributed by atoms with E-state index in [1.807, 2.05) is 18.2 Å². The average Bonchev–Trinajstić information content (AvgIpc) is 3.26. The summed E-state index contributed by atoms with van der Waals surface area (Å²) in [5.74, 6) is 1.29. The zero-order valence-corrected chi connectivity index (χ0v) is 11.5. The third-order valence-corrected chi connectivity index (χ3v) is 4.18. The quantitative estimate of drug-likeness (QED) is 0.797. The summed E-state index contributed by atoms with van der Waals surface area (Å²) in [6.07, 6.45) is 5.66. The van der Waals surface area contributed by atoms with E-state index in [2.05, 4.69) is 34.4 Å². The highest BCUT2D eigenvalue weighted by molar-refractivity contribution is 5.77. The Balaban J connectivity index is 1.88. The number of aromatic nitrogens is 2. The van der Waals surface area contributed by atoms with Crippen molar-refractivity contribution in [3.63, 3.8) is 0 Å². The molecule has 21 heavy (non-hydrogen) atoms.